The van der Waals surface area contributed by atoms with Crippen molar-refractivity contribution < 1.29 is 4.79 Å². The van der Waals surface area contributed by atoms with Gasteiger partial charge in [0.05, 0.1) is 0 Å². The van der Waals surface area contributed by atoms with Gasteiger partial charge in [0.2, 0.25) is 0 Å². The van der Waals surface area contributed by atoms with E-state index in [1.165, 1.54) is 43.2 Å². The Kier molecular flexibility index (Phi) is 3.92. The van der Waals surface area contributed by atoms with Gasteiger partial charge in [0.25, 0.3) is 0 Å². The molecule has 0 aromatic heterocycles. The van der Waals surface area contributed by atoms with Crippen LogP contribution in [0.5, 0.6) is 0 Å². The fourth-order valence-corrected chi connectivity index (χ4v) is 2.59. The van der Waals surface area contributed by atoms with Crippen LogP contribution >= 0.6 is 0 Å². The summed E-state index contributed by atoms with van der Waals surface area (Å²) in [5.41, 5.74) is 2.63. The maximum absolute atomic E-state index is 10.4. The van der Waals surface area contributed by atoms with Gasteiger partial charge in [-0.3, -0.25) is 4.79 Å². The lowest BCUT2D eigenvalue weighted by Gasteiger charge is -2.23. The molecule has 1 nitrogen and oxygen atoms in total. The molecule has 1 heteroatoms. The monoisotopic (exact) mass is 214 g/mol. The summed E-state index contributed by atoms with van der Waals surface area (Å²) < 4.78 is 0. The maximum Gasteiger partial charge on any atom is 0.142 e. The molecule has 16 heavy (non-hydrogen) atoms. The van der Waals surface area contributed by atoms with Crippen LogP contribution in [0.3, 0.4) is 0 Å². The lowest BCUT2D eigenvalue weighted by atomic mass is 9.82. The Bertz CT molecular complexity index is 373. The third-order valence-electron chi connectivity index (χ3n) is 3.40. The van der Waals surface area contributed by atoms with Crippen molar-refractivity contribution in [2.45, 2.75) is 38.0 Å². The first kappa shape index (κ1) is 11.1. The van der Waals surface area contributed by atoms with Gasteiger partial charge in [0.15, 0.2) is 0 Å². The predicted octanol–water partition coefficient (Wildman–Crippen LogP) is 3.95. The molecule has 1 aliphatic carbocycles. The molecule has 0 N–H and O–H groups in total. The molecule has 0 spiro atoms. The molecule has 1 fully saturated rings. The first-order chi connectivity index (χ1) is 7.92. The maximum atomic E-state index is 10.4. The van der Waals surface area contributed by atoms with Gasteiger partial charge in [-0.1, -0.05) is 49.6 Å². The smallest absolute Gasteiger partial charge is 0.142 e. The van der Waals surface area contributed by atoms with Crippen LogP contribution in [0.2, 0.25) is 0 Å². The molecule has 0 aliphatic heterocycles. The van der Waals surface area contributed by atoms with E-state index in [-0.39, 0.29) is 0 Å². The van der Waals surface area contributed by atoms with Gasteiger partial charge in [0.1, 0.15) is 6.29 Å². The van der Waals surface area contributed by atoms with Gasteiger partial charge in [-0.25, -0.2) is 0 Å². The number of rotatable bonds is 3. The van der Waals surface area contributed by atoms with Crippen molar-refractivity contribution in [3.8, 4) is 0 Å². The van der Waals surface area contributed by atoms with Gasteiger partial charge >= 0.3 is 0 Å². The van der Waals surface area contributed by atoms with Gasteiger partial charge in [0, 0.05) is 0 Å². The summed E-state index contributed by atoms with van der Waals surface area (Å²) in [6.07, 6.45) is 11.0. The number of hydrogen-bond donors (Lipinski definition) is 0. The first-order valence-electron chi connectivity index (χ1n) is 6.12. The zero-order valence-corrected chi connectivity index (χ0v) is 9.56. The second kappa shape index (κ2) is 5.64. The second-order valence-electron chi connectivity index (χ2n) is 4.46. The van der Waals surface area contributed by atoms with Crippen LogP contribution in [0, 0.1) is 0 Å². The van der Waals surface area contributed by atoms with Crippen molar-refractivity contribution in [1.82, 2.24) is 0 Å². The summed E-state index contributed by atoms with van der Waals surface area (Å²) in [6.45, 7) is 0. The molecule has 1 aromatic carbocycles. The van der Waals surface area contributed by atoms with Crippen molar-refractivity contribution in [3.05, 3.63) is 41.5 Å². The summed E-state index contributed by atoms with van der Waals surface area (Å²) in [4.78, 5) is 10.4. The Morgan fingerprint density at radius 2 is 1.81 bits per heavy atom. The minimum Gasteiger partial charge on any atom is -0.299 e. The van der Waals surface area contributed by atoms with E-state index in [2.05, 4.69) is 18.2 Å². The van der Waals surface area contributed by atoms with E-state index in [0.29, 0.717) is 5.92 Å². The lowest BCUT2D eigenvalue weighted by molar-refractivity contribution is -0.104. The Balaban J connectivity index is 2.24. The summed E-state index contributed by atoms with van der Waals surface area (Å²) in [5.74, 6) is 0.696. The number of aldehydes is 1. The topological polar surface area (TPSA) is 17.1 Å². The molecule has 1 saturated carbocycles. The normalized spacial score (nSPS) is 17.8. The van der Waals surface area contributed by atoms with Gasteiger partial charge in [-0.2, -0.15) is 0 Å². The van der Waals surface area contributed by atoms with E-state index < -0.39 is 0 Å². The number of hydrogen-bond acceptors (Lipinski definition) is 1. The van der Waals surface area contributed by atoms with Crippen molar-refractivity contribution >= 4 is 12.4 Å². The molecule has 0 heterocycles. The number of benzene rings is 1. The highest BCUT2D eigenvalue weighted by Gasteiger charge is 2.16. The second-order valence-corrected chi connectivity index (χ2v) is 4.46. The SMILES string of the molecule is O=CC=Cc1ccccc1C1CCCCC1. The third-order valence-corrected chi connectivity index (χ3v) is 3.40. The molecule has 0 bridgehead atoms. The molecule has 0 atom stereocenters. The van der Waals surface area contributed by atoms with E-state index in [0.717, 1.165) is 6.29 Å². The first-order valence-corrected chi connectivity index (χ1v) is 6.12. The van der Waals surface area contributed by atoms with E-state index in [1.54, 1.807) is 6.08 Å². The molecule has 84 valence electrons. The van der Waals surface area contributed by atoms with Crippen LogP contribution in [0.4, 0.5) is 0 Å². The summed E-state index contributed by atoms with van der Waals surface area (Å²) in [7, 11) is 0. The molecular formula is C15H18O. The van der Waals surface area contributed by atoms with Gasteiger partial charge in [-0.15, -0.1) is 0 Å². The van der Waals surface area contributed by atoms with E-state index in [4.69, 9.17) is 0 Å². The fourth-order valence-electron chi connectivity index (χ4n) is 2.59. The zero-order valence-electron chi connectivity index (χ0n) is 9.56. The number of allylic oxidation sites excluding steroid dienone is 1. The van der Waals surface area contributed by atoms with Crippen LogP contribution in [0.1, 0.15) is 49.1 Å². The van der Waals surface area contributed by atoms with Crippen molar-refractivity contribution in [3.63, 3.8) is 0 Å². The Morgan fingerprint density at radius 1 is 1.06 bits per heavy atom. The minimum absolute atomic E-state index is 0.696. The quantitative estimate of drug-likeness (QED) is 0.550. The molecule has 1 aromatic rings. The van der Waals surface area contributed by atoms with Crippen molar-refractivity contribution in [2.75, 3.05) is 0 Å². The highest BCUT2D eigenvalue weighted by Crippen LogP contribution is 2.34. The Hall–Kier alpha value is -1.37. The van der Waals surface area contributed by atoms with Crippen molar-refractivity contribution in [1.29, 1.82) is 0 Å². The highest BCUT2D eigenvalue weighted by molar-refractivity contribution is 5.74. The van der Waals surface area contributed by atoms with Crippen LogP contribution in [0.25, 0.3) is 6.08 Å². The molecular weight excluding hydrogens is 196 g/mol. The Morgan fingerprint density at radius 3 is 2.56 bits per heavy atom. The molecule has 0 radical (unpaired) electrons. The minimum atomic E-state index is 0.696. The molecule has 0 saturated heterocycles. The standard InChI is InChI=1S/C15H18O/c16-12-6-10-14-9-4-5-11-15(14)13-7-2-1-3-8-13/h4-6,9-13H,1-3,7-8H2. The molecule has 1 aliphatic rings. The number of carbonyl (C=O) groups excluding carboxylic acids is 1. The Labute approximate surface area is 97.2 Å². The molecule has 0 unspecified atom stereocenters. The molecule has 0 amide bonds. The fraction of sp³-hybridized carbons (Fsp3) is 0.400. The van der Waals surface area contributed by atoms with E-state index >= 15 is 0 Å². The average Bonchev–Trinajstić information content (AvgIpc) is 2.38. The molecule has 2 rings (SSSR count). The van der Waals surface area contributed by atoms with Crippen LogP contribution < -0.4 is 0 Å². The van der Waals surface area contributed by atoms with Crippen LogP contribution in [-0.2, 0) is 4.79 Å². The van der Waals surface area contributed by atoms with E-state index in [1.807, 2.05) is 12.1 Å². The van der Waals surface area contributed by atoms with Gasteiger partial charge < -0.3 is 0 Å². The highest BCUT2D eigenvalue weighted by atomic mass is 16.1. The summed E-state index contributed by atoms with van der Waals surface area (Å²) >= 11 is 0. The lowest BCUT2D eigenvalue weighted by Crippen LogP contribution is -2.05. The van der Waals surface area contributed by atoms with Crippen LogP contribution in [0.15, 0.2) is 30.3 Å². The van der Waals surface area contributed by atoms with Gasteiger partial charge in [-0.05, 0) is 36.0 Å². The summed E-state index contributed by atoms with van der Waals surface area (Å²) in [6, 6.07) is 8.45. The third kappa shape index (κ3) is 2.60. The van der Waals surface area contributed by atoms with Crippen LogP contribution in [-0.4, -0.2) is 6.29 Å². The largest absolute Gasteiger partial charge is 0.299 e. The van der Waals surface area contributed by atoms with Crippen molar-refractivity contribution in [2.24, 2.45) is 0 Å². The summed E-state index contributed by atoms with van der Waals surface area (Å²) in [5, 5.41) is 0. The number of carbonyl (C=O) groups is 1. The average molecular weight is 214 g/mol. The zero-order chi connectivity index (χ0) is 11.2. The predicted molar refractivity (Wildman–Crippen MR) is 67.4 cm³/mol. The van der Waals surface area contributed by atoms with E-state index in [9.17, 15) is 4.79 Å².